The van der Waals surface area contributed by atoms with E-state index in [4.69, 9.17) is 4.74 Å². The molecule has 0 saturated carbocycles. The molecule has 0 aliphatic rings. The first-order chi connectivity index (χ1) is 13.0. The average molecular weight is 380 g/mol. The second-order valence-electron chi connectivity index (χ2n) is 6.46. The van der Waals surface area contributed by atoms with Gasteiger partial charge in [0.15, 0.2) is 0 Å². The van der Waals surface area contributed by atoms with E-state index in [1.807, 2.05) is 32.0 Å². The van der Waals surface area contributed by atoms with Crippen molar-refractivity contribution in [1.29, 1.82) is 0 Å². The summed E-state index contributed by atoms with van der Waals surface area (Å²) in [6.45, 7) is 6.56. The van der Waals surface area contributed by atoms with Gasteiger partial charge in [0.05, 0.1) is 27.4 Å². The van der Waals surface area contributed by atoms with Crippen LogP contribution in [0.4, 0.5) is 0 Å². The molecule has 0 bridgehead atoms. The van der Waals surface area contributed by atoms with E-state index in [2.05, 4.69) is 21.7 Å². The number of esters is 1. The highest BCUT2D eigenvalue weighted by molar-refractivity contribution is 7.19. The summed E-state index contributed by atoms with van der Waals surface area (Å²) in [7, 11) is 0. The summed E-state index contributed by atoms with van der Waals surface area (Å²) in [4.78, 5) is 17.1. The highest BCUT2D eigenvalue weighted by Gasteiger charge is 2.25. The van der Waals surface area contributed by atoms with Gasteiger partial charge in [0.1, 0.15) is 11.3 Å². The summed E-state index contributed by atoms with van der Waals surface area (Å²) in [5.41, 5.74) is 3.96. The summed E-state index contributed by atoms with van der Waals surface area (Å²) in [6, 6.07) is 11.7. The van der Waals surface area contributed by atoms with Crippen LogP contribution in [-0.2, 0) is 11.3 Å². The minimum Gasteiger partial charge on any atom is -0.506 e. The van der Waals surface area contributed by atoms with Crippen molar-refractivity contribution in [2.75, 3.05) is 6.61 Å². The number of carbonyl (C=O) groups excluding carboxylic acids is 1. The fraction of sp³-hybridized carbons (Fsp3) is 0.238. The molecule has 0 spiro atoms. The normalized spacial score (nSPS) is 11.4. The first-order valence-corrected chi connectivity index (χ1v) is 9.65. The number of hydrogen-bond donors (Lipinski definition) is 1. The molecule has 2 aromatic carbocycles. The Morgan fingerprint density at radius 3 is 2.70 bits per heavy atom. The zero-order valence-corrected chi connectivity index (χ0v) is 16.3. The quantitative estimate of drug-likeness (QED) is 0.517. The topological polar surface area (TPSA) is 64.3 Å². The molecule has 4 rings (SSSR count). The minimum atomic E-state index is -0.369. The van der Waals surface area contributed by atoms with Gasteiger partial charge in [-0.05, 0) is 32.4 Å². The van der Waals surface area contributed by atoms with Gasteiger partial charge in [0, 0.05) is 17.6 Å². The standard InChI is InChI=1S/C21H20N2O3S/c1-4-26-21(25)17-12(2)23(11-14-8-6-5-7-9-14)19-15(17)10-16(24)18-20(19)27-13(3)22-18/h5-10,24H,4,11H2,1-3H3. The number of aryl methyl sites for hydroxylation is 1. The maximum Gasteiger partial charge on any atom is 0.340 e. The third-order valence-corrected chi connectivity index (χ3v) is 5.67. The molecule has 138 valence electrons. The number of rotatable bonds is 4. The van der Waals surface area contributed by atoms with Gasteiger partial charge in [-0.15, -0.1) is 11.3 Å². The van der Waals surface area contributed by atoms with Crippen molar-refractivity contribution in [3.05, 3.63) is 58.2 Å². The number of hydrogen-bond acceptors (Lipinski definition) is 5. The number of thiazole rings is 1. The monoisotopic (exact) mass is 380 g/mol. The Labute approximate surface area is 160 Å². The Bertz CT molecular complexity index is 1160. The fourth-order valence-electron chi connectivity index (χ4n) is 3.54. The molecule has 5 nitrogen and oxygen atoms in total. The van der Waals surface area contributed by atoms with Gasteiger partial charge in [-0.1, -0.05) is 30.3 Å². The van der Waals surface area contributed by atoms with E-state index in [-0.39, 0.29) is 11.7 Å². The van der Waals surface area contributed by atoms with E-state index in [1.165, 1.54) is 11.3 Å². The van der Waals surface area contributed by atoms with Gasteiger partial charge in [0.2, 0.25) is 0 Å². The van der Waals surface area contributed by atoms with Crippen LogP contribution in [0.5, 0.6) is 5.75 Å². The Morgan fingerprint density at radius 1 is 1.26 bits per heavy atom. The van der Waals surface area contributed by atoms with Gasteiger partial charge in [-0.3, -0.25) is 0 Å². The summed E-state index contributed by atoms with van der Waals surface area (Å²) < 4.78 is 8.30. The molecule has 0 unspecified atom stereocenters. The molecule has 0 saturated heterocycles. The summed E-state index contributed by atoms with van der Waals surface area (Å²) in [5, 5.41) is 12.1. The van der Waals surface area contributed by atoms with E-state index in [9.17, 15) is 9.90 Å². The largest absolute Gasteiger partial charge is 0.506 e. The SMILES string of the molecule is CCOC(=O)c1c(C)n(Cc2ccccc2)c2c1cc(O)c1nc(C)sc12. The predicted octanol–water partition coefficient (Wildman–Crippen LogP) is 4.80. The first-order valence-electron chi connectivity index (χ1n) is 8.84. The summed E-state index contributed by atoms with van der Waals surface area (Å²) in [6.07, 6.45) is 0. The number of carbonyl (C=O) groups is 1. The zero-order valence-electron chi connectivity index (χ0n) is 15.4. The molecule has 27 heavy (non-hydrogen) atoms. The van der Waals surface area contributed by atoms with E-state index in [1.54, 1.807) is 13.0 Å². The highest BCUT2D eigenvalue weighted by Crippen LogP contribution is 2.40. The molecule has 0 aliphatic carbocycles. The zero-order chi connectivity index (χ0) is 19.1. The van der Waals surface area contributed by atoms with Crippen molar-refractivity contribution >= 4 is 38.4 Å². The lowest BCUT2D eigenvalue weighted by Crippen LogP contribution is -2.08. The molecule has 0 aliphatic heterocycles. The number of phenols is 1. The third kappa shape index (κ3) is 2.86. The molecule has 0 radical (unpaired) electrons. The van der Waals surface area contributed by atoms with Crippen LogP contribution in [-0.4, -0.2) is 27.2 Å². The van der Waals surface area contributed by atoms with Gasteiger partial charge >= 0.3 is 5.97 Å². The van der Waals surface area contributed by atoms with Gasteiger partial charge in [-0.2, -0.15) is 0 Å². The van der Waals surface area contributed by atoms with Crippen LogP contribution in [0.25, 0.3) is 21.1 Å². The molecule has 0 amide bonds. The Balaban J connectivity index is 2.07. The second kappa shape index (κ2) is 6.70. The Kier molecular flexibility index (Phi) is 4.36. The summed E-state index contributed by atoms with van der Waals surface area (Å²) >= 11 is 1.52. The second-order valence-corrected chi connectivity index (χ2v) is 7.66. The lowest BCUT2D eigenvalue weighted by atomic mass is 10.1. The van der Waals surface area contributed by atoms with Crippen LogP contribution in [0.1, 0.15) is 33.5 Å². The van der Waals surface area contributed by atoms with Gasteiger partial charge < -0.3 is 14.4 Å². The van der Waals surface area contributed by atoms with Gasteiger partial charge in [-0.25, -0.2) is 9.78 Å². The average Bonchev–Trinajstić information content (AvgIpc) is 3.15. The van der Waals surface area contributed by atoms with Crippen LogP contribution in [0.2, 0.25) is 0 Å². The number of fused-ring (bicyclic) bond motifs is 3. The van der Waals surface area contributed by atoms with Crippen molar-refractivity contribution in [2.24, 2.45) is 0 Å². The summed E-state index contributed by atoms with van der Waals surface area (Å²) in [5.74, 6) is -0.281. The van der Waals surface area contributed by atoms with E-state index >= 15 is 0 Å². The number of aromatic hydroxyl groups is 1. The molecule has 6 heteroatoms. The number of nitrogens with zero attached hydrogens (tertiary/aromatic N) is 2. The highest BCUT2D eigenvalue weighted by atomic mass is 32.1. The third-order valence-electron chi connectivity index (χ3n) is 4.70. The maximum atomic E-state index is 12.7. The number of benzene rings is 2. The molecule has 2 aromatic heterocycles. The van der Waals surface area contributed by atoms with Gasteiger partial charge in [0.25, 0.3) is 0 Å². The number of ether oxygens (including phenoxy) is 1. The smallest absolute Gasteiger partial charge is 0.340 e. The molecular weight excluding hydrogens is 360 g/mol. The predicted molar refractivity (Wildman–Crippen MR) is 108 cm³/mol. The molecule has 2 heterocycles. The molecule has 0 fully saturated rings. The van der Waals surface area contributed by atoms with Crippen molar-refractivity contribution in [2.45, 2.75) is 27.3 Å². The maximum absolute atomic E-state index is 12.7. The lowest BCUT2D eigenvalue weighted by Gasteiger charge is -2.09. The van der Waals surface area contributed by atoms with E-state index < -0.39 is 0 Å². The van der Waals surface area contributed by atoms with Crippen LogP contribution >= 0.6 is 11.3 Å². The van der Waals surface area contributed by atoms with Crippen LogP contribution in [0, 0.1) is 13.8 Å². The van der Waals surface area contributed by atoms with Crippen molar-refractivity contribution in [1.82, 2.24) is 9.55 Å². The Hall–Kier alpha value is -2.86. The van der Waals surface area contributed by atoms with Crippen molar-refractivity contribution in [3.63, 3.8) is 0 Å². The van der Waals surface area contributed by atoms with Crippen molar-refractivity contribution in [3.8, 4) is 5.75 Å². The molecule has 4 aromatic rings. The fourth-order valence-corrected chi connectivity index (χ4v) is 4.53. The lowest BCUT2D eigenvalue weighted by molar-refractivity contribution is 0.0527. The number of aromatic nitrogens is 2. The van der Waals surface area contributed by atoms with E-state index in [0.29, 0.717) is 29.6 Å². The minimum absolute atomic E-state index is 0.0873. The van der Waals surface area contributed by atoms with Crippen LogP contribution in [0.15, 0.2) is 36.4 Å². The Morgan fingerprint density at radius 2 is 2.00 bits per heavy atom. The molecular formula is C21H20N2O3S. The van der Waals surface area contributed by atoms with Crippen LogP contribution < -0.4 is 0 Å². The van der Waals surface area contributed by atoms with Crippen molar-refractivity contribution < 1.29 is 14.6 Å². The number of phenolic OH excluding ortho intramolecular Hbond substituents is 1. The van der Waals surface area contributed by atoms with Crippen LogP contribution in [0.3, 0.4) is 0 Å². The molecule has 1 N–H and O–H groups in total. The first kappa shape index (κ1) is 17.5. The van der Waals surface area contributed by atoms with E-state index in [0.717, 1.165) is 26.5 Å². The molecule has 0 atom stereocenters.